The molecule has 0 aliphatic heterocycles. The molecule has 2 aromatic carbocycles. The van der Waals surface area contributed by atoms with Gasteiger partial charge in [0, 0.05) is 10.0 Å². The van der Waals surface area contributed by atoms with Gasteiger partial charge in [0.25, 0.3) is 0 Å². The molecule has 0 heterocycles. The number of aromatic hydroxyl groups is 1. The molecule has 74 valence electrons. The molecule has 0 aliphatic carbocycles. The highest BCUT2D eigenvalue weighted by atomic mass is 79.9. The van der Waals surface area contributed by atoms with Gasteiger partial charge in [-0.1, -0.05) is 34.1 Å². The first-order chi connectivity index (χ1) is 7.20. The Morgan fingerprint density at radius 3 is 2.73 bits per heavy atom. The zero-order valence-corrected chi connectivity index (χ0v) is 9.18. The van der Waals surface area contributed by atoms with Crippen molar-refractivity contribution >= 4 is 15.9 Å². The summed E-state index contributed by atoms with van der Waals surface area (Å²) in [4.78, 5) is 0. The normalized spacial score (nSPS) is 9.73. The lowest BCUT2D eigenvalue weighted by atomic mass is 10.1. The fourth-order valence-electron chi connectivity index (χ4n) is 1.31. The third kappa shape index (κ3) is 1.81. The van der Waals surface area contributed by atoms with Crippen LogP contribution in [0.4, 0.5) is 4.39 Å². The van der Waals surface area contributed by atoms with Gasteiger partial charge in [0.2, 0.25) is 0 Å². The zero-order chi connectivity index (χ0) is 10.8. The van der Waals surface area contributed by atoms with Crippen LogP contribution in [-0.4, -0.2) is 5.11 Å². The topological polar surface area (TPSA) is 20.2 Å². The molecule has 0 spiro atoms. The van der Waals surface area contributed by atoms with Gasteiger partial charge >= 0.3 is 0 Å². The number of benzene rings is 1. The molecular formula is C12H6BrFO. The summed E-state index contributed by atoms with van der Waals surface area (Å²) in [6.45, 7) is 0. The molecule has 1 N–H and O–H groups in total. The Hall–Kier alpha value is -1.53. The van der Waals surface area contributed by atoms with Crippen molar-refractivity contribution < 1.29 is 9.50 Å². The molecule has 1 nitrogen and oxygen atoms in total. The van der Waals surface area contributed by atoms with Gasteiger partial charge in [-0.15, -0.1) is 0 Å². The Balaban J connectivity index is 2.69. The average molecular weight is 265 g/mol. The number of hydrogen-bond acceptors (Lipinski definition) is 1. The predicted octanol–water partition coefficient (Wildman–Crippen LogP) is 3.56. The summed E-state index contributed by atoms with van der Waals surface area (Å²) in [5, 5.41) is 9.57. The largest absolute Gasteiger partial charge is 0.507 e. The third-order valence-corrected chi connectivity index (χ3v) is 2.65. The summed E-state index contributed by atoms with van der Waals surface area (Å²) in [6, 6.07) is 13.0. The van der Waals surface area contributed by atoms with Crippen molar-refractivity contribution in [3.05, 3.63) is 52.8 Å². The van der Waals surface area contributed by atoms with E-state index in [4.69, 9.17) is 0 Å². The highest BCUT2D eigenvalue weighted by molar-refractivity contribution is 9.10. The average Bonchev–Trinajstić information content (AvgIpc) is 2.20. The first-order valence-corrected chi connectivity index (χ1v) is 5.05. The molecule has 0 unspecified atom stereocenters. The molecule has 3 heteroatoms. The van der Waals surface area contributed by atoms with Crippen LogP contribution in [0.15, 0.2) is 34.8 Å². The third-order valence-electron chi connectivity index (χ3n) is 1.99. The smallest absolute Gasteiger partial charge is 0.132 e. The van der Waals surface area contributed by atoms with E-state index in [0.717, 1.165) is 0 Å². The fraction of sp³-hybridized carbons (Fsp3) is 0. The van der Waals surface area contributed by atoms with E-state index in [0.29, 0.717) is 15.6 Å². The summed E-state index contributed by atoms with van der Waals surface area (Å²) < 4.78 is 14.1. The Bertz CT molecular complexity index is 476. The number of rotatable bonds is 1. The summed E-state index contributed by atoms with van der Waals surface area (Å²) in [5.41, 5.74) is 0.606. The van der Waals surface area contributed by atoms with Gasteiger partial charge in [-0.3, -0.25) is 0 Å². The lowest BCUT2D eigenvalue weighted by Crippen LogP contribution is -1.85. The van der Waals surface area contributed by atoms with Crippen molar-refractivity contribution in [3.8, 4) is 16.9 Å². The van der Waals surface area contributed by atoms with Gasteiger partial charge in [0.1, 0.15) is 11.6 Å². The molecule has 0 fully saturated rings. The van der Waals surface area contributed by atoms with E-state index in [1.807, 2.05) is 0 Å². The van der Waals surface area contributed by atoms with Gasteiger partial charge in [0.05, 0.1) is 5.56 Å². The zero-order valence-electron chi connectivity index (χ0n) is 7.59. The molecule has 0 saturated heterocycles. The van der Waals surface area contributed by atoms with Crippen LogP contribution in [0.2, 0.25) is 0 Å². The molecule has 0 saturated carbocycles. The van der Waals surface area contributed by atoms with Crippen LogP contribution in [0.1, 0.15) is 0 Å². The van der Waals surface area contributed by atoms with Crippen LogP contribution in [0.25, 0.3) is 11.1 Å². The lowest BCUT2D eigenvalue weighted by molar-refractivity contribution is 0.477. The Labute approximate surface area is 95.3 Å². The van der Waals surface area contributed by atoms with Crippen LogP contribution in [0, 0.1) is 17.9 Å². The van der Waals surface area contributed by atoms with Gasteiger partial charge in [-0.2, -0.15) is 0 Å². The van der Waals surface area contributed by atoms with E-state index in [1.54, 1.807) is 12.1 Å². The van der Waals surface area contributed by atoms with E-state index >= 15 is 0 Å². The van der Waals surface area contributed by atoms with E-state index in [9.17, 15) is 9.50 Å². The minimum absolute atomic E-state index is 0.0143. The molecule has 2 rings (SSSR count). The SMILES string of the molecule is Oc1ccc#cc1-c1c(F)cccc1Br. The highest BCUT2D eigenvalue weighted by Gasteiger charge is 2.12. The Kier molecular flexibility index (Phi) is 2.61. The maximum atomic E-state index is 13.5. The standard InChI is InChI=1S/C12H6BrFO/c13-9-5-3-6-10(14)12(9)8-4-1-2-7-11(8)15/h2-3,5-7,15H. The minimum atomic E-state index is -0.407. The second-order valence-corrected chi connectivity index (χ2v) is 3.81. The molecule has 0 atom stereocenters. The second kappa shape index (κ2) is 3.92. The molecular weight excluding hydrogens is 259 g/mol. The molecule has 2 aromatic rings. The van der Waals surface area contributed by atoms with Crippen LogP contribution >= 0.6 is 15.9 Å². The summed E-state index contributed by atoms with van der Waals surface area (Å²) in [7, 11) is 0. The minimum Gasteiger partial charge on any atom is -0.507 e. The van der Waals surface area contributed by atoms with Crippen molar-refractivity contribution in [3.63, 3.8) is 0 Å². The number of hydrogen-bond donors (Lipinski definition) is 1. The fourth-order valence-corrected chi connectivity index (χ4v) is 1.85. The highest BCUT2D eigenvalue weighted by Crippen LogP contribution is 2.34. The summed E-state index contributed by atoms with van der Waals surface area (Å²) >= 11 is 3.23. The van der Waals surface area contributed by atoms with Crippen LogP contribution < -0.4 is 0 Å². The van der Waals surface area contributed by atoms with Gasteiger partial charge < -0.3 is 5.11 Å². The molecule has 15 heavy (non-hydrogen) atoms. The molecule has 0 aromatic heterocycles. The van der Waals surface area contributed by atoms with Gasteiger partial charge in [-0.25, -0.2) is 4.39 Å². The quantitative estimate of drug-likeness (QED) is 0.835. The monoisotopic (exact) mass is 264 g/mol. The van der Waals surface area contributed by atoms with E-state index in [-0.39, 0.29) is 5.75 Å². The first-order valence-electron chi connectivity index (χ1n) is 4.26. The van der Waals surface area contributed by atoms with Crippen molar-refractivity contribution in [1.29, 1.82) is 0 Å². The van der Waals surface area contributed by atoms with E-state index in [2.05, 4.69) is 28.1 Å². The number of halogens is 2. The molecule has 0 aliphatic rings. The second-order valence-electron chi connectivity index (χ2n) is 2.96. The Morgan fingerprint density at radius 2 is 2.07 bits per heavy atom. The van der Waals surface area contributed by atoms with Crippen molar-refractivity contribution in [1.82, 2.24) is 0 Å². The van der Waals surface area contributed by atoms with E-state index in [1.165, 1.54) is 18.2 Å². The maximum absolute atomic E-state index is 13.5. The van der Waals surface area contributed by atoms with Crippen molar-refractivity contribution in [2.45, 2.75) is 0 Å². The van der Waals surface area contributed by atoms with Crippen LogP contribution in [0.3, 0.4) is 0 Å². The molecule has 0 bridgehead atoms. The van der Waals surface area contributed by atoms with Crippen LogP contribution in [0.5, 0.6) is 5.75 Å². The summed E-state index contributed by atoms with van der Waals surface area (Å²) in [6.07, 6.45) is 0. The first kappa shape index (κ1) is 10.0. The summed E-state index contributed by atoms with van der Waals surface area (Å²) in [5.74, 6) is -0.421. The van der Waals surface area contributed by atoms with Crippen molar-refractivity contribution in [2.24, 2.45) is 0 Å². The molecule has 0 radical (unpaired) electrons. The Morgan fingerprint density at radius 1 is 1.27 bits per heavy atom. The predicted molar refractivity (Wildman–Crippen MR) is 58.9 cm³/mol. The van der Waals surface area contributed by atoms with Crippen molar-refractivity contribution in [2.75, 3.05) is 0 Å². The lowest BCUT2D eigenvalue weighted by Gasteiger charge is -2.05. The van der Waals surface area contributed by atoms with Gasteiger partial charge in [-0.05, 0) is 24.3 Å². The molecule has 0 amide bonds. The maximum Gasteiger partial charge on any atom is 0.132 e. The van der Waals surface area contributed by atoms with Gasteiger partial charge in [0.15, 0.2) is 0 Å². The van der Waals surface area contributed by atoms with E-state index < -0.39 is 5.82 Å². The van der Waals surface area contributed by atoms with Crippen LogP contribution in [-0.2, 0) is 0 Å².